The Bertz CT molecular complexity index is 1060. The summed E-state index contributed by atoms with van der Waals surface area (Å²) in [4.78, 5) is 17.0. The zero-order chi connectivity index (χ0) is 20.9. The first-order valence-corrected chi connectivity index (χ1v) is 10.5. The van der Waals surface area contributed by atoms with Gasteiger partial charge in [0.15, 0.2) is 0 Å². The highest BCUT2D eigenvalue weighted by Crippen LogP contribution is 2.21. The maximum absolute atomic E-state index is 12.4. The van der Waals surface area contributed by atoms with Crippen molar-refractivity contribution in [3.8, 4) is 5.75 Å². The summed E-state index contributed by atoms with van der Waals surface area (Å²) in [6, 6.07) is 17.4. The quantitative estimate of drug-likeness (QED) is 0.583. The number of nitrogens with zero attached hydrogens (tertiary/aromatic N) is 2. The van der Waals surface area contributed by atoms with Crippen molar-refractivity contribution in [2.45, 2.75) is 20.1 Å². The van der Waals surface area contributed by atoms with Gasteiger partial charge >= 0.3 is 0 Å². The van der Waals surface area contributed by atoms with Gasteiger partial charge in [-0.05, 0) is 36.2 Å². The fourth-order valence-corrected chi connectivity index (χ4v) is 3.80. The molecule has 1 aromatic heterocycles. The smallest absolute Gasteiger partial charge is 0.227 e. The van der Waals surface area contributed by atoms with Gasteiger partial charge in [-0.1, -0.05) is 41.9 Å². The third-order valence-corrected chi connectivity index (χ3v) is 5.66. The molecule has 2 aromatic carbocycles. The van der Waals surface area contributed by atoms with Gasteiger partial charge in [-0.25, -0.2) is 0 Å². The Morgan fingerprint density at radius 2 is 1.83 bits per heavy atom. The molecule has 156 valence electrons. The van der Waals surface area contributed by atoms with Gasteiger partial charge in [0.2, 0.25) is 11.2 Å². The second-order valence-electron chi connectivity index (χ2n) is 7.53. The molecule has 0 spiro atoms. The van der Waals surface area contributed by atoms with Crippen LogP contribution in [0.4, 0.5) is 5.69 Å². The average Bonchev–Trinajstić information content (AvgIpc) is 2.75. The van der Waals surface area contributed by atoms with Gasteiger partial charge in [-0.15, -0.1) is 0 Å². The van der Waals surface area contributed by atoms with E-state index in [2.05, 4.69) is 15.9 Å². The third kappa shape index (κ3) is 5.04. The van der Waals surface area contributed by atoms with Gasteiger partial charge < -0.3 is 14.1 Å². The van der Waals surface area contributed by atoms with Crippen LogP contribution in [0.2, 0.25) is 5.02 Å². The molecule has 1 aliphatic rings. The summed E-state index contributed by atoms with van der Waals surface area (Å²) in [5.41, 5.74) is 3.18. The molecule has 6 heteroatoms. The molecule has 1 fully saturated rings. The summed E-state index contributed by atoms with van der Waals surface area (Å²) >= 11 is 6.10. The zero-order valence-corrected chi connectivity index (χ0v) is 17.8. The number of rotatable bonds is 6. The van der Waals surface area contributed by atoms with Crippen LogP contribution in [0.25, 0.3) is 0 Å². The van der Waals surface area contributed by atoms with E-state index in [0.29, 0.717) is 18.9 Å². The van der Waals surface area contributed by atoms with Crippen molar-refractivity contribution in [3.63, 3.8) is 0 Å². The summed E-state index contributed by atoms with van der Waals surface area (Å²) in [6.07, 6.45) is 1.43. The minimum absolute atomic E-state index is 0.151. The topological polar surface area (TPSA) is 45.9 Å². The Hall–Kier alpha value is -2.76. The van der Waals surface area contributed by atoms with Crippen molar-refractivity contribution >= 4 is 17.3 Å². The van der Waals surface area contributed by atoms with E-state index < -0.39 is 0 Å². The van der Waals surface area contributed by atoms with Gasteiger partial charge in [0.05, 0.1) is 6.54 Å². The molecule has 0 unspecified atom stereocenters. The lowest BCUT2D eigenvalue weighted by molar-refractivity contribution is 0.224. The predicted octanol–water partition coefficient (Wildman–Crippen LogP) is 4.50. The lowest BCUT2D eigenvalue weighted by Gasteiger charge is -2.35. The minimum atomic E-state index is -0.151. The van der Waals surface area contributed by atoms with Crippen molar-refractivity contribution in [1.82, 2.24) is 4.90 Å². The number of halogens is 1. The highest BCUT2D eigenvalue weighted by Gasteiger charge is 2.18. The van der Waals surface area contributed by atoms with Crippen LogP contribution in [0.3, 0.4) is 0 Å². The Labute approximate surface area is 181 Å². The van der Waals surface area contributed by atoms with E-state index in [-0.39, 0.29) is 11.2 Å². The highest BCUT2D eigenvalue weighted by molar-refractivity contribution is 6.30. The van der Waals surface area contributed by atoms with Crippen LogP contribution in [0.5, 0.6) is 5.75 Å². The molecule has 0 saturated carbocycles. The molecule has 30 heavy (non-hydrogen) atoms. The monoisotopic (exact) mass is 424 g/mol. The summed E-state index contributed by atoms with van der Waals surface area (Å²) < 4.78 is 11.4. The lowest BCUT2D eigenvalue weighted by Crippen LogP contribution is -2.46. The fraction of sp³-hybridized carbons (Fsp3) is 0.292. The summed E-state index contributed by atoms with van der Waals surface area (Å²) in [5.74, 6) is 0.896. The molecular formula is C24H25ClN2O3. The van der Waals surface area contributed by atoms with E-state index in [4.69, 9.17) is 20.8 Å². The first kappa shape index (κ1) is 20.5. The van der Waals surface area contributed by atoms with E-state index in [1.165, 1.54) is 12.3 Å². The number of ether oxygens (including phenoxy) is 1. The molecule has 2 heterocycles. The number of hydrogen-bond donors (Lipinski definition) is 0. The maximum atomic E-state index is 12.4. The number of aryl methyl sites for hydroxylation is 1. The maximum Gasteiger partial charge on any atom is 0.227 e. The van der Waals surface area contributed by atoms with E-state index in [0.717, 1.165) is 48.0 Å². The average molecular weight is 425 g/mol. The Kier molecular flexibility index (Phi) is 6.41. The first-order valence-electron chi connectivity index (χ1n) is 10.1. The molecule has 0 atom stereocenters. The minimum Gasteiger partial charge on any atom is -0.482 e. The van der Waals surface area contributed by atoms with E-state index in [1.54, 1.807) is 0 Å². The number of benzene rings is 2. The molecule has 1 saturated heterocycles. The normalized spacial score (nSPS) is 14.7. The number of hydrogen-bond acceptors (Lipinski definition) is 5. The molecule has 5 nitrogen and oxygen atoms in total. The molecule has 0 radical (unpaired) electrons. The van der Waals surface area contributed by atoms with Gasteiger partial charge in [-0.2, -0.15) is 0 Å². The van der Waals surface area contributed by atoms with Crippen molar-refractivity contribution in [2.75, 3.05) is 31.1 Å². The van der Waals surface area contributed by atoms with Crippen LogP contribution >= 0.6 is 11.6 Å². The zero-order valence-electron chi connectivity index (χ0n) is 17.0. The molecule has 0 N–H and O–H groups in total. The predicted molar refractivity (Wildman–Crippen MR) is 119 cm³/mol. The van der Waals surface area contributed by atoms with Gasteiger partial charge in [0.1, 0.15) is 18.6 Å². The van der Waals surface area contributed by atoms with Crippen LogP contribution in [-0.2, 0) is 13.2 Å². The van der Waals surface area contributed by atoms with Crippen molar-refractivity contribution < 1.29 is 9.15 Å². The molecule has 3 aromatic rings. The summed E-state index contributed by atoms with van der Waals surface area (Å²) in [6.45, 7) is 6.57. The second-order valence-corrected chi connectivity index (χ2v) is 7.97. The van der Waals surface area contributed by atoms with E-state index in [1.807, 2.05) is 49.4 Å². The van der Waals surface area contributed by atoms with Crippen molar-refractivity contribution in [2.24, 2.45) is 0 Å². The molecule has 0 bridgehead atoms. The fourth-order valence-electron chi connectivity index (χ4n) is 3.61. The highest BCUT2D eigenvalue weighted by atomic mass is 35.5. The van der Waals surface area contributed by atoms with Gasteiger partial charge in [-0.3, -0.25) is 9.69 Å². The van der Waals surface area contributed by atoms with E-state index >= 15 is 0 Å². The summed E-state index contributed by atoms with van der Waals surface area (Å²) in [5, 5.41) is 0.751. The SMILES string of the molecule is Cc1ccccc1COc1coc(CN2CCN(c3cccc(Cl)c3)CC2)cc1=O. The second kappa shape index (κ2) is 9.37. The summed E-state index contributed by atoms with van der Waals surface area (Å²) in [7, 11) is 0. The third-order valence-electron chi connectivity index (χ3n) is 5.42. The molecule has 0 amide bonds. The number of piperazine rings is 1. The van der Waals surface area contributed by atoms with Crippen molar-refractivity contribution in [3.05, 3.63) is 93.0 Å². The molecule has 4 rings (SSSR count). The first-order chi connectivity index (χ1) is 14.6. The van der Waals surface area contributed by atoms with Gasteiger partial charge in [0, 0.05) is 43.0 Å². The van der Waals surface area contributed by atoms with Crippen molar-refractivity contribution in [1.29, 1.82) is 0 Å². The largest absolute Gasteiger partial charge is 0.482 e. The van der Waals surface area contributed by atoms with Crippen LogP contribution < -0.4 is 15.1 Å². The van der Waals surface area contributed by atoms with Crippen LogP contribution in [0.15, 0.2) is 70.1 Å². The van der Waals surface area contributed by atoms with Crippen LogP contribution in [0, 0.1) is 6.92 Å². The Morgan fingerprint density at radius 3 is 2.57 bits per heavy atom. The lowest BCUT2D eigenvalue weighted by atomic mass is 10.1. The molecule has 0 aliphatic carbocycles. The number of anilines is 1. The van der Waals surface area contributed by atoms with Crippen LogP contribution in [0.1, 0.15) is 16.9 Å². The standard InChI is InChI=1S/C24H25ClN2O3/c1-18-5-2-3-6-19(18)16-30-24-17-29-22(14-23(24)28)15-26-9-11-27(12-10-26)21-8-4-7-20(25)13-21/h2-8,13-14,17H,9-12,15-16H2,1H3. The molecular weight excluding hydrogens is 400 g/mol. The van der Waals surface area contributed by atoms with Crippen LogP contribution in [-0.4, -0.2) is 31.1 Å². The van der Waals surface area contributed by atoms with E-state index in [9.17, 15) is 4.79 Å². The Morgan fingerprint density at radius 1 is 1.03 bits per heavy atom. The van der Waals surface area contributed by atoms with Gasteiger partial charge in [0.25, 0.3) is 0 Å². The Balaban J connectivity index is 1.32. The molecule has 1 aliphatic heterocycles.